The normalized spacial score (nSPS) is 10.3. The Morgan fingerprint density at radius 2 is 1.59 bits per heavy atom. The molecular weight excluding hydrogens is 326 g/mol. The average molecular weight is 358 g/mol. The Morgan fingerprint density at radius 1 is 0.963 bits per heavy atom. The first-order valence-corrected chi connectivity index (χ1v) is 9.68. The highest BCUT2D eigenvalue weighted by molar-refractivity contribution is 5.66. The quantitative estimate of drug-likeness (QED) is 0.472. The number of aromatic nitrogens is 1. The van der Waals surface area contributed by atoms with Gasteiger partial charge in [-0.3, -0.25) is 4.98 Å². The van der Waals surface area contributed by atoms with Crippen molar-refractivity contribution in [2.75, 3.05) is 0 Å². The molecule has 0 saturated carbocycles. The Kier molecular flexibility index (Phi) is 7.55. The van der Waals surface area contributed by atoms with Gasteiger partial charge in [-0.05, 0) is 60.6 Å². The van der Waals surface area contributed by atoms with Gasteiger partial charge in [-0.25, -0.2) is 0 Å². The van der Waals surface area contributed by atoms with Crippen molar-refractivity contribution < 1.29 is 0 Å². The molecular formula is C26H31N. The summed E-state index contributed by atoms with van der Waals surface area (Å²) in [4.78, 5) is 4.36. The van der Waals surface area contributed by atoms with Crippen LogP contribution < -0.4 is 0 Å². The van der Waals surface area contributed by atoms with Gasteiger partial charge in [0.05, 0.1) is 5.69 Å². The summed E-state index contributed by atoms with van der Waals surface area (Å²) in [5.74, 6) is 0.654. The lowest BCUT2D eigenvalue weighted by molar-refractivity contribution is 0.865. The van der Waals surface area contributed by atoms with Gasteiger partial charge in [0.2, 0.25) is 0 Å². The molecule has 0 aliphatic heterocycles. The Morgan fingerprint density at radius 3 is 2.07 bits per heavy atom. The summed E-state index contributed by atoms with van der Waals surface area (Å²) in [6.45, 7) is 14.6. The van der Waals surface area contributed by atoms with E-state index in [9.17, 15) is 0 Å². The lowest BCUT2D eigenvalue weighted by Crippen LogP contribution is -1.87. The average Bonchev–Trinajstić information content (AvgIpc) is 2.68. The third kappa shape index (κ3) is 6.21. The summed E-state index contributed by atoms with van der Waals surface area (Å²) in [5, 5.41) is 0. The zero-order valence-electron chi connectivity index (χ0n) is 17.3. The molecule has 0 radical (unpaired) electrons. The van der Waals surface area contributed by atoms with E-state index >= 15 is 0 Å². The second kappa shape index (κ2) is 9.87. The summed E-state index contributed by atoms with van der Waals surface area (Å²) >= 11 is 0. The van der Waals surface area contributed by atoms with E-state index in [1.807, 2.05) is 19.2 Å². The van der Waals surface area contributed by atoms with Gasteiger partial charge in [0.15, 0.2) is 0 Å². The van der Waals surface area contributed by atoms with Gasteiger partial charge in [0.25, 0.3) is 0 Å². The van der Waals surface area contributed by atoms with E-state index in [-0.39, 0.29) is 0 Å². The van der Waals surface area contributed by atoms with E-state index in [4.69, 9.17) is 0 Å². The molecule has 1 nitrogen and oxygen atoms in total. The minimum atomic E-state index is 0.654. The summed E-state index contributed by atoms with van der Waals surface area (Å²) in [6, 6.07) is 21.3. The van der Waals surface area contributed by atoms with E-state index in [1.54, 1.807) is 0 Å². The Hall–Kier alpha value is -2.67. The van der Waals surface area contributed by atoms with Crippen molar-refractivity contribution in [2.24, 2.45) is 0 Å². The number of hydrogen-bond donors (Lipinski definition) is 0. The van der Waals surface area contributed by atoms with Crippen LogP contribution in [0.1, 0.15) is 55.9 Å². The second-order valence-corrected chi connectivity index (χ2v) is 7.33. The Bertz CT molecular complexity index is 855. The maximum absolute atomic E-state index is 4.36. The van der Waals surface area contributed by atoms with Gasteiger partial charge in [-0.2, -0.15) is 0 Å². The highest BCUT2D eigenvalue weighted by atomic mass is 14.7. The summed E-state index contributed by atoms with van der Waals surface area (Å²) < 4.78 is 0. The van der Waals surface area contributed by atoms with Crippen LogP contribution >= 0.6 is 0 Å². The molecule has 0 aliphatic carbocycles. The van der Waals surface area contributed by atoms with Gasteiger partial charge in [-0.1, -0.05) is 81.5 Å². The van der Waals surface area contributed by atoms with Crippen molar-refractivity contribution in [3.63, 3.8) is 0 Å². The Labute approximate surface area is 164 Å². The fourth-order valence-corrected chi connectivity index (χ4v) is 2.76. The predicted octanol–water partition coefficient (Wildman–Crippen LogP) is 7.46. The van der Waals surface area contributed by atoms with Gasteiger partial charge in [0.1, 0.15) is 0 Å². The summed E-state index contributed by atoms with van der Waals surface area (Å²) in [6.07, 6.45) is 2.98. The van der Waals surface area contributed by atoms with Gasteiger partial charge >= 0.3 is 0 Å². The minimum absolute atomic E-state index is 0.654. The van der Waals surface area contributed by atoms with E-state index in [1.165, 1.54) is 22.3 Å². The maximum Gasteiger partial charge on any atom is 0.0704 e. The van der Waals surface area contributed by atoms with Crippen LogP contribution in [0, 0.1) is 6.92 Å². The number of pyridine rings is 1. The lowest BCUT2D eigenvalue weighted by Gasteiger charge is -2.04. The van der Waals surface area contributed by atoms with Crippen LogP contribution in [0.3, 0.4) is 0 Å². The van der Waals surface area contributed by atoms with E-state index in [0.717, 1.165) is 23.3 Å². The largest absolute Gasteiger partial charge is 0.256 e. The molecule has 0 aliphatic rings. The topological polar surface area (TPSA) is 12.9 Å². The van der Waals surface area contributed by atoms with Crippen molar-refractivity contribution in [3.05, 3.63) is 95.7 Å². The van der Waals surface area contributed by atoms with Crippen molar-refractivity contribution >= 4 is 5.57 Å². The Balaban J connectivity index is 0.000000208. The number of aryl methyl sites for hydroxylation is 2. The van der Waals surface area contributed by atoms with Crippen LogP contribution in [0.5, 0.6) is 0 Å². The van der Waals surface area contributed by atoms with Gasteiger partial charge in [0, 0.05) is 11.8 Å². The number of hydrogen-bond acceptors (Lipinski definition) is 1. The van der Waals surface area contributed by atoms with Crippen LogP contribution in [0.4, 0.5) is 0 Å². The zero-order valence-corrected chi connectivity index (χ0v) is 17.3. The number of benzene rings is 2. The highest BCUT2D eigenvalue weighted by Gasteiger charge is 2.00. The van der Waals surface area contributed by atoms with Crippen LogP contribution in [-0.4, -0.2) is 4.98 Å². The monoisotopic (exact) mass is 357 g/mol. The lowest BCUT2D eigenvalue weighted by atomic mass is 10.0. The van der Waals surface area contributed by atoms with Crippen molar-refractivity contribution in [1.29, 1.82) is 0 Å². The third-order valence-corrected chi connectivity index (χ3v) is 4.64. The molecule has 27 heavy (non-hydrogen) atoms. The molecule has 3 rings (SSSR count). The molecule has 1 heterocycles. The minimum Gasteiger partial charge on any atom is -0.256 e. The third-order valence-electron chi connectivity index (χ3n) is 4.64. The van der Waals surface area contributed by atoms with Crippen LogP contribution in [0.2, 0.25) is 0 Å². The highest BCUT2D eigenvalue weighted by Crippen LogP contribution is 2.20. The molecule has 2 aromatic carbocycles. The molecule has 140 valence electrons. The van der Waals surface area contributed by atoms with Crippen LogP contribution in [-0.2, 0) is 6.42 Å². The molecule has 0 fully saturated rings. The van der Waals surface area contributed by atoms with Gasteiger partial charge in [-0.15, -0.1) is 0 Å². The van der Waals surface area contributed by atoms with Crippen molar-refractivity contribution in [2.45, 2.75) is 47.0 Å². The first-order valence-electron chi connectivity index (χ1n) is 9.68. The number of nitrogens with zero attached hydrogens (tertiary/aromatic N) is 1. The maximum atomic E-state index is 4.36. The van der Waals surface area contributed by atoms with Crippen molar-refractivity contribution in [3.8, 4) is 11.3 Å². The summed E-state index contributed by atoms with van der Waals surface area (Å²) in [5.41, 5.74) is 8.52. The van der Waals surface area contributed by atoms with E-state index < -0.39 is 0 Å². The molecule has 0 atom stereocenters. The zero-order chi connectivity index (χ0) is 19.8. The number of allylic oxidation sites excluding steroid dienone is 1. The van der Waals surface area contributed by atoms with Crippen molar-refractivity contribution in [1.82, 2.24) is 4.98 Å². The van der Waals surface area contributed by atoms with Crippen LogP contribution in [0.15, 0.2) is 73.4 Å². The smallest absolute Gasteiger partial charge is 0.0704 e. The van der Waals surface area contributed by atoms with E-state index in [2.05, 4.69) is 93.9 Å². The number of rotatable bonds is 4. The second-order valence-electron chi connectivity index (χ2n) is 7.33. The standard InChI is InChI=1S/C15H15N.C11H16/c1-11(2)13-4-6-14(7-5-13)15-10-12(3)8-9-16-15;1-4-10-5-7-11(8-6-10)9(2)3/h4-10H,1H2,2-3H3;5-9H,4H2,1-3H3. The SMILES string of the molecule is C=C(C)c1ccc(-c2cc(C)ccn2)cc1.CCc1ccc(C(C)C)cc1. The summed E-state index contributed by atoms with van der Waals surface area (Å²) in [7, 11) is 0. The molecule has 0 saturated heterocycles. The van der Waals surface area contributed by atoms with Crippen LogP contribution in [0.25, 0.3) is 16.8 Å². The fourth-order valence-electron chi connectivity index (χ4n) is 2.76. The molecule has 3 aromatic rings. The molecule has 1 heteroatoms. The van der Waals surface area contributed by atoms with Gasteiger partial charge < -0.3 is 0 Å². The van der Waals surface area contributed by atoms with E-state index in [0.29, 0.717) is 5.92 Å². The first-order chi connectivity index (χ1) is 12.9. The molecule has 0 unspecified atom stereocenters. The molecule has 0 bridgehead atoms. The molecule has 1 aromatic heterocycles. The fraction of sp³-hybridized carbons (Fsp3) is 0.269. The molecule has 0 amide bonds. The molecule has 0 N–H and O–H groups in total. The predicted molar refractivity (Wildman–Crippen MR) is 119 cm³/mol. The molecule has 0 spiro atoms. The first kappa shape index (κ1) is 20.6.